The van der Waals surface area contributed by atoms with E-state index in [0.29, 0.717) is 32.6 Å². The van der Waals surface area contributed by atoms with Crippen molar-refractivity contribution in [3.05, 3.63) is 86.0 Å². The highest BCUT2D eigenvalue weighted by Gasteiger charge is 2.20. The van der Waals surface area contributed by atoms with Gasteiger partial charge in [-0.2, -0.15) is 0 Å². The molecule has 0 saturated heterocycles. The van der Waals surface area contributed by atoms with E-state index in [-0.39, 0.29) is 21.9 Å². The molecule has 4 rings (SSSR count). The van der Waals surface area contributed by atoms with Gasteiger partial charge in [0.25, 0.3) is 5.91 Å². The van der Waals surface area contributed by atoms with E-state index < -0.39 is 17.9 Å². The summed E-state index contributed by atoms with van der Waals surface area (Å²) in [6.07, 6.45) is 0. The van der Waals surface area contributed by atoms with E-state index in [9.17, 15) is 9.59 Å². The second kappa shape index (κ2) is 9.75. The van der Waals surface area contributed by atoms with Crippen LogP contribution in [-0.4, -0.2) is 19.6 Å². The first-order valence-corrected chi connectivity index (χ1v) is 10.8. The Bertz CT molecular complexity index is 1400. The second-order valence-corrected chi connectivity index (χ2v) is 8.12. The molecule has 0 saturated carbocycles. The molecule has 1 amide bonds. The van der Waals surface area contributed by atoms with E-state index >= 15 is 0 Å². The van der Waals surface area contributed by atoms with E-state index in [4.69, 9.17) is 48.7 Å². The normalized spacial score (nSPS) is 10.8. The van der Waals surface area contributed by atoms with E-state index in [1.54, 1.807) is 61.7 Å². The number of hydrogen-bond donors (Lipinski definition) is 1. The Morgan fingerprint density at radius 2 is 1.79 bits per heavy atom. The van der Waals surface area contributed by atoms with Crippen molar-refractivity contribution in [3.63, 3.8) is 0 Å². The largest absolute Gasteiger partial charge is 0.497 e. The van der Waals surface area contributed by atoms with Gasteiger partial charge in [0, 0.05) is 10.6 Å². The summed E-state index contributed by atoms with van der Waals surface area (Å²) in [5.74, 6) is 0.146. The molecule has 9 heteroatoms. The molecular weight excluding hydrogens is 489 g/mol. The third kappa shape index (κ3) is 4.93. The topological polar surface area (TPSA) is 77.8 Å². The zero-order valence-corrected chi connectivity index (χ0v) is 19.4. The molecule has 0 aliphatic heterocycles. The quantitative estimate of drug-likeness (QED) is 0.327. The molecule has 0 radical (unpaired) electrons. The number of rotatable bonds is 6. The lowest BCUT2D eigenvalue weighted by molar-refractivity contribution is -0.118. The lowest BCUT2D eigenvalue weighted by Crippen LogP contribution is -2.22. The van der Waals surface area contributed by atoms with Crippen LogP contribution in [0.1, 0.15) is 0 Å². The molecule has 0 unspecified atom stereocenters. The third-order valence-electron chi connectivity index (χ3n) is 4.74. The number of fused-ring (bicyclic) bond motifs is 1. The Morgan fingerprint density at radius 1 is 1.03 bits per heavy atom. The molecule has 1 aromatic heterocycles. The van der Waals surface area contributed by atoms with E-state index in [0.717, 1.165) is 0 Å². The number of nitrogens with one attached hydrogen (secondary N) is 1. The van der Waals surface area contributed by atoms with Gasteiger partial charge in [0.2, 0.25) is 11.2 Å². The van der Waals surface area contributed by atoms with Gasteiger partial charge < -0.3 is 19.2 Å². The Balaban J connectivity index is 1.70. The first-order chi connectivity index (χ1) is 15.9. The molecule has 3 aromatic carbocycles. The van der Waals surface area contributed by atoms with Gasteiger partial charge in [0.15, 0.2) is 12.4 Å². The van der Waals surface area contributed by atoms with E-state index in [2.05, 4.69) is 5.32 Å². The predicted octanol–water partition coefficient (Wildman–Crippen LogP) is 6.45. The number of amides is 1. The van der Waals surface area contributed by atoms with Gasteiger partial charge in [-0.1, -0.05) is 40.9 Å². The van der Waals surface area contributed by atoms with Crippen molar-refractivity contribution in [2.45, 2.75) is 0 Å². The third-order valence-corrected chi connectivity index (χ3v) is 5.79. The fourth-order valence-corrected chi connectivity index (χ4v) is 3.66. The Labute approximate surface area is 203 Å². The van der Waals surface area contributed by atoms with E-state index in [1.165, 1.54) is 6.07 Å². The maximum Gasteiger partial charge on any atom is 0.262 e. The van der Waals surface area contributed by atoms with Gasteiger partial charge in [-0.25, -0.2) is 0 Å². The number of carbonyl (C=O) groups is 1. The molecule has 0 aliphatic rings. The van der Waals surface area contributed by atoms with Crippen LogP contribution in [0.25, 0.3) is 22.3 Å². The summed E-state index contributed by atoms with van der Waals surface area (Å²) in [7, 11) is 1.55. The number of ether oxygens (including phenoxy) is 2. The van der Waals surface area contributed by atoms with Gasteiger partial charge >= 0.3 is 0 Å². The number of hydrogen-bond acceptors (Lipinski definition) is 5. The highest BCUT2D eigenvalue weighted by Crippen LogP contribution is 2.33. The SMILES string of the molecule is COc1ccc(-c2oc3ccc(Cl)cc3c(=O)c2OCC(=O)Nc2cccc(Cl)c2Cl)cc1. The average molecular weight is 505 g/mol. The van der Waals surface area contributed by atoms with Crippen LogP contribution in [0.15, 0.2) is 69.9 Å². The fourth-order valence-electron chi connectivity index (χ4n) is 3.14. The van der Waals surface area contributed by atoms with Gasteiger partial charge in [-0.05, 0) is 54.6 Å². The lowest BCUT2D eigenvalue weighted by atomic mass is 10.1. The maximum atomic E-state index is 13.2. The highest BCUT2D eigenvalue weighted by atomic mass is 35.5. The molecule has 4 aromatic rings. The molecule has 1 N–H and O–H groups in total. The van der Waals surface area contributed by atoms with Crippen LogP contribution in [0.5, 0.6) is 11.5 Å². The average Bonchev–Trinajstić information content (AvgIpc) is 2.82. The maximum absolute atomic E-state index is 13.2. The minimum Gasteiger partial charge on any atom is -0.497 e. The summed E-state index contributed by atoms with van der Waals surface area (Å²) in [6, 6.07) is 16.4. The Kier molecular flexibility index (Phi) is 6.79. The molecule has 168 valence electrons. The summed E-state index contributed by atoms with van der Waals surface area (Å²) in [5.41, 5.74) is 0.763. The highest BCUT2D eigenvalue weighted by molar-refractivity contribution is 6.44. The summed E-state index contributed by atoms with van der Waals surface area (Å²) in [4.78, 5) is 25.7. The summed E-state index contributed by atoms with van der Waals surface area (Å²) in [6.45, 7) is -0.469. The van der Waals surface area contributed by atoms with Gasteiger partial charge in [-0.3, -0.25) is 9.59 Å². The molecular formula is C24H16Cl3NO5. The summed E-state index contributed by atoms with van der Waals surface area (Å²) in [5, 5.41) is 3.70. The minimum atomic E-state index is -0.537. The van der Waals surface area contributed by atoms with Crippen LogP contribution in [0.3, 0.4) is 0 Å². The number of carbonyl (C=O) groups excluding carboxylic acids is 1. The predicted molar refractivity (Wildman–Crippen MR) is 130 cm³/mol. The smallest absolute Gasteiger partial charge is 0.262 e. The molecule has 0 atom stereocenters. The molecule has 33 heavy (non-hydrogen) atoms. The molecule has 1 heterocycles. The fraction of sp³-hybridized carbons (Fsp3) is 0.0833. The van der Waals surface area contributed by atoms with Crippen LogP contribution in [0.2, 0.25) is 15.1 Å². The van der Waals surface area contributed by atoms with Crippen LogP contribution < -0.4 is 20.2 Å². The van der Waals surface area contributed by atoms with Crippen molar-refractivity contribution in [2.75, 3.05) is 19.0 Å². The zero-order chi connectivity index (χ0) is 23.5. The van der Waals surface area contributed by atoms with Crippen molar-refractivity contribution in [2.24, 2.45) is 0 Å². The molecule has 0 bridgehead atoms. The lowest BCUT2D eigenvalue weighted by Gasteiger charge is -2.13. The number of benzene rings is 3. The summed E-state index contributed by atoms with van der Waals surface area (Å²) >= 11 is 18.2. The Hall–Kier alpha value is -3.19. The van der Waals surface area contributed by atoms with Crippen LogP contribution in [0, 0.1) is 0 Å². The van der Waals surface area contributed by atoms with Crippen LogP contribution in [0.4, 0.5) is 5.69 Å². The number of methoxy groups -OCH3 is 1. The number of halogens is 3. The van der Waals surface area contributed by atoms with Crippen molar-refractivity contribution in [1.82, 2.24) is 0 Å². The Morgan fingerprint density at radius 3 is 2.52 bits per heavy atom. The molecule has 6 nitrogen and oxygen atoms in total. The molecule has 0 spiro atoms. The standard InChI is InChI=1S/C24H16Cl3NO5/c1-31-15-8-5-13(6-9-15)23-24(22(30)16-11-14(25)7-10-19(16)33-23)32-12-20(29)28-18-4-2-3-17(26)21(18)27/h2-11H,12H2,1H3,(H,28,29). The van der Waals surface area contributed by atoms with Gasteiger partial charge in [0.1, 0.15) is 11.3 Å². The van der Waals surface area contributed by atoms with Crippen molar-refractivity contribution >= 4 is 57.4 Å². The van der Waals surface area contributed by atoms with Crippen molar-refractivity contribution in [3.8, 4) is 22.8 Å². The minimum absolute atomic E-state index is 0.123. The van der Waals surface area contributed by atoms with E-state index in [1.807, 2.05) is 0 Å². The first-order valence-electron chi connectivity index (χ1n) is 9.65. The number of anilines is 1. The van der Waals surface area contributed by atoms with Crippen molar-refractivity contribution < 1.29 is 18.7 Å². The van der Waals surface area contributed by atoms with Gasteiger partial charge in [-0.15, -0.1) is 0 Å². The van der Waals surface area contributed by atoms with Crippen LogP contribution in [-0.2, 0) is 4.79 Å². The zero-order valence-electron chi connectivity index (χ0n) is 17.2. The van der Waals surface area contributed by atoms with Crippen molar-refractivity contribution in [1.29, 1.82) is 0 Å². The van der Waals surface area contributed by atoms with Gasteiger partial charge in [0.05, 0.1) is 28.2 Å². The monoisotopic (exact) mass is 503 g/mol. The summed E-state index contributed by atoms with van der Waals surface area (Å²) < 4.78 is 16.8. The second-order valence-electron chi connectivity index (χ2n) is 6.90. The molecule has 0 fully saturated rings. The molecule has 0 aliphatic carbocycles. The first kappa shape index (κ1) is 23.0. The van der Waals surface area contributed by atoms with Crippen LogP contribution >= 0.6 is 34.8 Å².